The summed E-state index contributed by atoms with van der Waals surface area (Å²) in [5.41, 5.74) is 1.47. The Bertz CT molecular complexity index is 357. The number of hydrogen-bond donors (Lipinski definition) is 0. The number of halogens is 1. The molecule has 1 radical (unpaired) electrons. The normalized spacial score (nSPS) is 16.8. The third kappa shape index (κ3) is 2.84. The molecule has 1 aromatic rings. The van der Waals surface area contributed by atoms with Gasteiger partial charge in [-0.05, 0) is 30.5 Å². The van der Waals surface area contributed by atoms with Crippen LogP contribution in [0.25, 0.3) is 0 Å². The Kier molecular flexibility index (Phi) is 4.13. The lowest BCUT2D eigenvalue weighted by molar-refractivity contribution is 0.431. The molecular formula is C14H17FNO. The molecule has 1 amide bonds. The Morgan fingerprint density at radius 3 is 2.35 bits per heavy atom. The van der Waals surface area contributed by atoms with E-state index in [0.717, 1.165) is 18.5 Å². The van der Waals surface area contributed by atoms with Crippen LogP contribution in [0.3, 0.4) is 0 Å². The van der Waals surface area contributed by atoms with Gasteiger partial charge in [-0.3, -0.25) is 4.79 Å². The summed E-state index contributed by atoms with van der Waals surface area (Å²) in [6, 6.07) is 7.31. The number of benzene rings is 1. The molecule has 17 heavy (non-hydrogen) atoms. The van der Waals surface area contributed by atoms with Crippen molar-refractivity contribution < 1.29 is 9.18 Å². The van der Waals surface area contributed by atoms with Crippen LogP contribution in [0.1, 0.15) is 37.7 Å². The molecule has 0 spiro atoms. The number of hydrogen-bond acceptors (Lipinski definition) is 1. The summed E-state index contributed by atoms with van der Waals surface area (Å²) >= 11 is 0. The van der Waals surface area contributed by atoms with Crippen molar-refractivity contribution in [1.29, 1.82) is 0 Å². The summed E-state index contributed by atoms with van der Waals surface area (Å²) in [6.45, 7) is -0.464. The molecule has 0 heterocycles. The fourth-order valence-corrected chi connectivity index (χ4v) is 2.42. The summed E-state index contributed by atoms with van der Waals surface area (Å²) in [5, 5.41) is 0. The topological polar surface area (TPSA) is 20.3 Å². The number of carbonyl (C=O) groups excluding carboxylic acids is 1. The van der Waals surface area contributed by atoms with Gasteiger partial charge in [-0.25, -0.2) is 4.39 Å². The summed E-state index contributed by atoms with van der Waals surface area (Å²) in [6.07, 6.45) is 7.70. The average Bonchev–Trinajstić information content (AvgIpc) is 2.42. The maximum atomic E-state index is 12.4. The predicted molar refractivity (Wildman–Crippen MR) is 66.3 cm³/mol. The molecule has 0 aromatic heterocycles. The van der Waals surface area contributed by atoms with Crippen LogP contribution in [0, 0.1) is 0 Å². The van der Waals surface area contributed by atoms with Crippen molar-refractivity contribution in [3.8, 4) is 0 Å². The van der Waals surface area contributed by atoms with E-state index < -0.39 is 6.67 Å². The van der Waals surface area contributed by atoms with Crippen molar-refractivity contribution >= 4 is 12.1 Å². The molecule has 0 unspecified atom stereocenters. The Labute approximate surface area is 101 Å². The molecule has 0 N–H and O–H groups in total. The van der Waals surface area contributed by atoms with Gasteiger partial charge in [0.15, 0.2) is 0 Å². The van der Waals surface area contributed by atoms with Crippen molar-refractivity contribution in [1.82, 2.24) is 0 Å². The summed E-state index contributed by atoms with van der Waals surface area (Å²) in [5.74, 6) is 0. The van der Waals surface area contributed by atoms with Crippen LogP contribution in [-0.2, 0) is 11.5 Å². The first-order chi connectivity index (χ1) is 8.35. The molecule has 3 heteroatoms. The van der Waals surface area contributed by atoms with E-state index in [4.69, 9.17) is 0 Å². The lowest BCUT2D eigenvalue weighted by Crippen LogP contribution is -2.35. The van der Waals surface area contributed by atoms with Gasteiger partial charge in [0.05, 0.1) is 0 Å². The second-order valence-corrected chi connectivity index (χ2v) is 4.55. The second kappa shape index (κ2) is 5.80. The molecule has 0 aliphatic heterocycles. The largest absolute Gasteiger partial charge is 0.317 e. The summed E-state index contributed by atoms with van der Waals surface area (Å²) in [7, 11) is 0. The fourth-order valence-electron chi connectivity index (χ4n) is 2.42. The molecule has 0 saturated heterocycles. The first kappa shape index (κ1) is 12.1. The zero-order valence-electron chi connectivity index (χ0n) is 9.86. The van der Waals surface area contributed by atoms with Crippen LogP contribution in [-0.4, -0.2) is 12.5 Å². The molecule has 0 atom stereocenters. The monoisotopic (exact) mass is 234 g/mol. The molecule has 1 aliphatic carbocycles. The lowest BCUT2D eigenvalue weighted by atomic mass is 9.94. The van der Waals surface area contributed by atoms with E-state index >= 15 is 0 Å². The summed E-state index contributed by atoms with van der Waals surface area (Å²) in [4.78, 5) is 12.8. The van der Waals surface area contributed by atoms with Gasteiger partial charge >= 0.3 is 6.41 Å². The first-order valence-corrected chi connectivity index (χ1v) is 6.17. The third-order valence-corrected chi connectivity index (χ3v) is 3.41. The fraction of sp³-hybridized carbons (Fsp3) is 0.500. The highest BCUT2D eigenvalue weighted by molar-refractivity contribution is 5.76. The van der Waals surface area contributed by atoms with Crippen LogP contribution in [0.2, 0.25) is 0 Å². The zero-order chi connectivity index (χ0) is 12.1. The molecule has 1 saturated carbocycles. The summed E-state index contributed by atoms with van der Waals surface area (Å²) < 4.78 is 12.4. The quantitative estimate of drug-likeness (QED) is 0.731. The minimum atomic E-state index is -0.464. The van der Waals surface area contributed by atoms with E-state index in [1.165, 1.54) is 19.3 Å². The van der Waals surface area contributed by atoms with Crippen molar-refractivity contribution in [2.45, 2.75) is 44.8 Å². The number of anilines is 1. The Morgan fingerprint density at radius 2 is 1.82 bits per heavy atom. The number of nitrogens with zero attached hydrogens (tertiary/aromatic N) is 1. The number of rotatable bonds is 4. The predicted octanol–water partition coefficient (Wildman–Crippen LogP) is 3.36. The Balaban J connectivity index is 2.12. The molecule has 0 bridgehead atoms. The molecular weight excluding hydrogens is 217 g/mol. The molecule has 1 aliphatic rings. The third-order valence-electron chi connectivity index (χ3n) is 3.41. The van der Waals surface area contributed by atoms with Crippen molar-refractivity contribution in [3.63, 3.8) is 0 Å². The van der Waals surface area contributed by atoms with Gasteiger partial charge in [-0.1, -0.05) is 31.4 Å². The van der Waals surface area contributed by atoms with Crippen LogP contribution < -0.4 is 4.90 Å². The lowest BCUT2D eigenvalue weighted by Gasteiger charge is -2.30. The first-order valence-electron chi connectivity index (χ1n) is 6.17. The second-order valence-electron chi connectivity index (χ2n) is 4.55. The van der Waals surface area contributed by atoms with Crippen molar-refractivity contribution in [3.05, 3.63) is 29.8 Å². The number of amides is 1. The molecule has 91 valence electrons. The van der Waals surface area contributed by atoms with Crippen LogP contribution in [0.4, 0.5) is 10.1 Å². The van der Waals surface area contributed by atoms with Crippen molar-refractivity contribution in [2.75, 3.05) is 4.90 Å². The molecule has 2 rings (SSSR count). The highest BCUT2D eigenvalue weighted by Crippen LogP contribution is 2.26. The Hall–Kier alpha value is -1.38. The van der Waals surface area contributed by atoms with Gasteiger partial charge in [-0.15, -0.1) is 0 Å². The van der Waals surface area contributed by atoms with Gasteiger partial charge in [0.1, 0.15) is 6.67 Å². The maximum absolute atomic E-state index is 12.4. The van der Waals surface area contributed by atoms with Crippen LogP contribution >= 0.6 is 0 Å². The van der Waals surface area contributed by atoms with Crippen LogP contribution in [0.15, 0.2) is 24.3 Å². The van der Waals surface area contributed by atoms with Gasteiger partial charge < -0.3 is 4.90 Å². The highest BCUT2D eigenvalue weighted by atomic mass is 19.1. The van der Waals surface area contributed by atoms with E-state index in [1.807, 2.05) is 6.41 Å². The van der Waals surface area contributed by atoms with Gasteiger partial charge in [0.2, 0.25) is 0 Å². The van der Waals surface area contributed by atoms with E-state index in [0.29, 0.717) is 5.56 Å². The molecule has 1 fully saturated rings. The highest BCUT2D eigenvalue weighted by Gasteiger charge is 2.21. The average molecular weight is 234 g/mol. The van der Waals surface area contributed by atoms with Gasteiger partial charge in [0.25, 0.3) is 0 Å². The smallest absolute Gasteiger partial charge is 0.301 e. The van der Waals surface area contributed by atoms with E-state index in [1.54, 1.807) is 29.2 Å². The molecule has 1 aromatic carbocycles. The maximum Gasteiger partial charge on any atom is 0.317 e. The van der Waals surface area contributed by atoms with E-state index in [2.05, 4.69) is 0 Å². The van der Waals surface area contributed by atoms with E-state index in [-0.39, 0.29) is 6.04 Å². The molecule has 2 nitrogen and oxygen atoms in total. The van der Waals surface area contributed by atoms with E-state index in [9.17, 15) is 9.18 Å². The minimum Gasteiger partial charge on any atom is -0.301 e. The van der Waals surface area contributed by atoms with Crippen molar-refractivity contribution in [2.24, 2.45) is 0 Å². The number of alkyl halides is 1. The van der Waals surface area contributed by atoms with Crippen LogP contribution in [0.5, 0.6) is 0 Å². The standard InChI is InChI=1S/C14H17FNO/c15-10-12-6-8-14(9-7-12)16(11-17)13-4-2-1-3-5-13/h6-9,13H,1-5,10H2. The van der Waals surface area contributed by atoms with Gasteiger partial charge in [-0.2, -0.15) is 0 Å². The van der Waals surface area contributed by atoms with Gasteiger partial charge in [0, 0.05) is 11.7 Å². The minimum absolute atomic E-state index is 0.262. The Morgan fingerprint density at radius 1 is 1.18 bits per heavy atom. The zero-order valence-corrected chi connectivity index (χ0v) is 9.86. The SMILES string of the molecule is O=[C]N(c1ccc(CF)cc1)C1CCCCC1.